The van der Waals surface area contributed by atoms with E-state index in [1.165, 1.54) is 11.1 Å². The van der Waals surface area contributed by atoms with Crippen LogP contribution in [-0.2, 0) is 17.8 Å². The third-order valence-corrected chi connectivity index (χ3v) is 5.17. The molecule has 1 unspecified atom stereocenters. The minimum Gasteiger partial charge on any atom is -0.338 e. The molecular formula is C19H29ClN4O2. The Labute approximate surface area is 161 Å². The summed E-state index contributed by atoms with van der Waals surface area (Å²) in [6.07, 6.45) is 3.39. The molecular weight excluding hydrogens is 352 g/mol. The number of halogens is 1. The van der Waals surface area contributed by atoms with Crippen molar-refractivity contribution in [1.29, 1.82) is 0 Å². The number of hydrogen-bond acceptors (Lipinski definition) is 3. The van der Waals surface area contributed by atoms with Crippen LogP contribution in [-0.4, -0.2) is 61.0 Å². The van der Waals surface area contributed by atoms with E-state index >= 15 is 0 Å². The smallest absolute Gasteiger partial charge is 0.317 e. The summed E-state index contributed by atoms with van der Waals surface area (Å²) in [5.41, 5.74) is 2.54. The zero-order chi connectivity index (χ0) is 17.6. The molecule has 0 aromatic heterocycles. The van der Waals surface area contributed by atoms with Crippen LogP contribution in [0.1, 0.15) is 30.4 Å². The quantitative estimate of drug-likeness (QED) is 0.818. The number of nitrogens with one attached hydrogen (secondary N) is 2. The number of likely N-dealkylation sites (tertiary alicyclic amines) is 1. The van der Waals surface area contributed by atoms with Crippen LogP contribution in [0.25, 0.3) is 0 Å². The summed E-state index contributed by atoms with van der Waals surface area (Å²) >= 11 is 0. The van der Waals surface area contributed by atoms with Gasteiger partial charge in [-0.05, 0) is 37.4 Å². The average molecular weight is 381 g/mol. The highest BCUT2D eigenvalue weighted by Gasteiger charge is 2.28. The number of carbonyl (C=O) groups is 2. The van der Waals surface area contributed by atoms with Gasteiger partial charge >= 0.3 is 6.03 Å². The van der Waals surface area contributed by atoms with Gasteiger partial charge in [-0.3, -0.25) is 4.79 Å². The van der Waals surface area contributed by atoms with Gasteiger partial charge in [-0.2, -0.15) is 0 Å². The van der Waals surface area contributed by atoms with Gasteiger partial charge in [0, 0.05) is 45.2 Å². The van der Waals surface area contributed by atoms with E-state index in [1.54, 1.807) is 0 Å². The van der Waals surface area contributed by atoms with E-state index in [1.807, 2.05) is 29.0 Å². The van der Waals surface area contributed by atoms with Crippen molar-refractivity contribution in [2.45, 2.75) is 38.3 Å². The Bertz CT molecular complexity index is 625. The molecule has 0 radical (unpaired) electrons. The van der Waals surface area contributed by atoms with Crippen molar-refractivity contribution in [3.8, 4) is 0 Å². The van der Waals surface area contributed by atoms with Gasteiger partial charge in [-0.25, -0.2) is 4.79 Å². The summed E-state index contributed by atoms with van der Waals surface area (Å²) < 4.78 is 0. The van der Waals surface area contributed by atoms with Gasteiger partial charge in [0.05, 0.1) is 0 Å². The zero-order valence-electron chi connectivity index (χ0n) is 15.4. The molecule has 3 amide bonds. The molecule has 1 atom stereocenters. The Morgan fingerprint density at radius 1 is 1.19 bits per heavy atom. The van der Waals surface area contributed by atoms with Crippen molar-refractivity contribution in [2.75, 3.05) is 33.2 Å². The molecule has 0 bridgehead atoms. The normalized spacial score (nSPS) is 18.9. The fourth-order valence-electron chi connectivity index (χ4n) is 3.81. The van der Waals surface area contributed by atoms with E-state index in [4.69, 9.17) is 0 Å². The second-order valence-corrected chi connectivity index (χ2v) is 6.86. The molecule has 1 aromatic carbocycles. The fourth-order valence-corrected chi connectivity index (χ4v) is 3.81. The van der Waals surface area contributed by atoms with Gasteiger partial charge in [0.25, 0.3) is 0 Å². The highest BCUT2D eigenvalue weighted by atomic mass is 35.5. The van der Waals surface area contributed by atoms with E-state index in [9.17, 15) is 9.59 Å². The summed E-state index contributed by atoms with van der Waals surface area (Å²) in [6.45, 7) is 3.45. The maximum atomic E-state index is 12.4. The molecule has 6 nitrogen and oxygen atoms in total. The minimum absolute atomic E-state index is 0. The molecule has 2 aliphatic heterocycles. The minimum atomic E-state index is -0.0736. The van der Waals surface area contributed by atoms with Crippen LogP contribution in [0.15, 0.2) is 24.3 Å². The summed E-state index contributed by atoms with van der Waals surface area (Å²) in [4.78, 5) is 28.5. The second-order valence-electron chi connectivity index (χ2n) is 6.86. The number of nitrogens with zero attached hydrogens (tertiary/aromatic N) is 2. The molecule has 2 heterocycles. The van der Waals surface area contributed by atoms with Crippen molar-refractivity contribution in [1.82, 2.24) is 20.4 Å². The first-order valence-electron chi connectivity index (χ1n) is 9.22. The summed E-state index contributed by atoms with van der Waals surface area (Å²) in [5.74, 6) is 0.141. The van der Waals surface area contributed by atoms with Gasteiger partial charge < -0.3 is 20.4 Å². The third kappa shape index (κ3) is 4.89. The Morgan fingerprint density at radius 2 is 1.96 bits per heavy atom. The lowest BCUT2D eigenvalue weighted by atomic mass is 10.0. The van der Waals surface area contributed by atoms with Crippen molar-refractivity contribution >= 4 is 24.3 Å². The van der Waals surface area contributed by atoms with Gasteiger partial charge in [0.2, 0.25) is 5.91 Å². The average Bonchev–Trinajstić information content (AvgIpc) is 3.10. The molecule has 0 aliphatic carbocycles. The Hall–Kier alpha value is -1.79. The number of hydrogen-bond donors (Lipinski definition) is 2. The Kier molecular flexibility index (Phi) is 7.72. The molecule has 0 spiro atoms. The largest absolute Gasteiger partial charge is 0.338 e. The number of urea groups is 1. The lowest BCUT2D eigenvalue weighted by Gasteiger charge is -2.29. The molecule has 2 N–H and O–H groups in total. The molecule has 1 saturated heterocycles. The first kappa shape index (κ1) is 20.5. The molecule has 0 saturated carbocycles. The highest BCUT2D eigenvalue weighted by Crippen LogP contribution is 2.19. The fraction of sp³-hybridized carbons (Fsp3) is 0.579. The van der Waals surface area contributed by atoms with Crippen molar-refractivity contribution in [3.63, 3.8) is 0 Å². The lowest BCUT2D eigenvalue weighted by molar-refractivity contribution is -0.131. The predicted octanol–water partition coefficient (Wildman–Crippen LogP) is 1.78. The van der Waals surface area contributed by atoms with E-state index < -0.39 is 0 Å². The van der Waals surface area contributed by atoms with Crippen molar-refractivity contribution in [3.05, 3.63) is 35.4 Å². The maximum absolute atomic E-state index is 12.4. The van der Waals surface area contributed by atoms with Gasteiger partial charge in [-0.15, -0.1) is 12.4 Å². The standard InChI is InChI=1S/C19H28N4O2.ClH/c1-20-13-17-7-4-11-23(17)18(24)8-10-21-19(25)22-12-9-15-5-2-3-6-16(15)14-22;/h2-3,5-6,17,20H,4,7-14H2,1H3,(H,21,25);1H. The van der Waals surface area contributed by atoms with E-state index in [2.05, 4.69) is 22.8 Å². The second kappa shape index (κ2) is 9.78. The SMILES string of the molecule is CNCC1CCCN1C(=O)CCNC(=O)N1CCc2ccccc2C1.Cl. The monoisotopic (exact) mass is 380 g/mol. The topological polar surface area (TPSA) is 64.7 Å². The molecule has 3 rings (SSSR count). The molecule has 26 heavy (non-hydrogen) atoms. The van der Waals surface area contributed by atoms with E-state index in [-0.39, 0.29) is 24.3 Å². The number of fused-ring (bicyclic) bond motifs is 1. The van der Waals surface area contributed by atoms with E-state index in [0.717, 1.165) is 38.9 Å². The number of benzene rings is 1. The third-order valence-electron chi connectivity index (χ3n) is 5.17. The van der Waals surface area contributed by atoms with Crippen LogP contribution in [0, 0.1) is 0 Å². The van der Waals surface area contributed by atoms with Gasteiger partial charge in [-0.1, -0.05) is 24.3 Å². The Balaban J connectivity index is 0.00000243. The van der Waals surface area contributed by atoms with Crippen LogP contribution in [0.3, 0.4) is 0 Å². The zero-order valence-corrected chi connectivity index (χ0v) is 16.2. The van der Waals surface area contributed by atoms with Crippen LogP contribution in [0.4, 0.5) is 4.79 Å². The number of carbonyl (C=O) groups excluding carboxylic acids is 2. The summed E-state index contributed by atoms with van der Waals surface area (Å²) in [6, 6.07) is 8.48. The van der Waals surface area contributed by atoms with Crippen LogP contribution in [0.2, 0.25) is 0 Å². The first-order chi connectivity index (χ1) is 12.2. The molecule has 1 aromatic rings. The molecule has 7 heteroatoms. The van der Waals surface area contributed by atoms with Crippen LogP contribution in [0.5, 0.6) is 0 Å². The number of rotatable bonds is 5. The molecule has 144 valence electrons. The highest BCUT2D eigenvalue weighted by molar-refractivity contribution is 5.85. The van der Waals surface area contributed by atoms with Crippen molar-refractivity contribution < 1.29 is 9.59 Å². The van der Waals surface area contributed by atoms with Crippen LogP contribution >= 0.6 is 12.4 Å². The van der Waals surface area contributed by atoms with Crippen LogP contribution < -0.4 is 10.6 Å². The summed E-state index contributed by atoms with van der Waals surface area (Å²) in [5, 5.41) is 6.06. The van der Waals surface area contributed by atoms with Gasteiger partial charge in [0.1, 0.15) is 0 Å². The molecule has 1 fully saturated rings. The molecule has 2 aliphatic rings. The number of amides is 3. The van der Waals surface area contributed by atoms with Gasteiger partial charge in [0.15, 0.2) is 0 Å². The lowest BCUT2D eigenvalue weighted by Crippen LogP contribution is -2.45. The maximum Gasteiger partial charge on any atom is 0.317 e. The first-order valence-corrected chi connectivity index (χ1v) is 9.22. The van der Waals surface area contributed by atoms with Crippen molar-refractivity contribution in [2.24, 2.45) is 0 Å². The Morgan fingerprint density at radius 3 is 2.73 bits per heavy atom. The van der Waals surface area contributed by atoms with E-state index in [0.29, 0.717) is 25.6 Å². The predicted molar refractivity (Wildman–Crippen MR) is 104 cm³/mol. The summed E-state index contributed by atoms with van der Waals surface area (Å²) in [7, 11) is 1.91. The number of likely N-dealkylation sites (N-methyl/N-ethyl adjacent to an activating group) is 1.